The van der Waals surface area contributed by atoms with E-state index in [1.54, 1.807) is 0 Å². The Kier molecular flexibility index (Phi) is 1.80. The number of aromatic nitrogens is 2. The summed E-state index contributed by atoms with van der Waals surface area (Å²) in [5.41, 5.74) is 0. The molecule has 2 aliphatic heterocycles. The Morgan fingerprint density at radius 2 is 2.38 bits per heavy atom. The third-order valence-corrected chi connectivity index (χ3v) is 2.96. The van der Waals surface area contributed by atoms with Crippen LogP contribution in [0, 0.1) is 6.92 Å². The maximum absolute atomic E-state index is 11.2. The maximum atomic E-state index is 11.2. The SMILES string of the molecule is Cc1nc2c(c3[n+]1CCN3C)OCC(=O)N2. The highest BCUT2D eigenvalue weighted by Gasteiger charge is 2.35. The fourth-order valence-electron chi connectivity index (χ4n) is 2.18. The van der Waals surface area contributed by atoms with Gasteiger partial charge in [-0.25, -0.2) is 4.57 Å². The van der Waals surface area contributed by atoms with E-state index in [4.69, 9.17) is 4.74 Å². The van der Waals surface area contributed by atoms with E-state index in [-0.39, 0.29) is 12.5 Å². The van der Waals surface area contributed by atoms with E-state index in [0.717, 1.165) is 24.7 Å². The van der Waals surface area contributed by atoms with Crippen LogP contribution in [0.25, 0.3) is 0 Å². The fraction of sp³-hybridized carbons (Fsp3) is 0.500. The quantitative estimate of drug-likeness (QED) is 0.598. The van der Waals surface area contributed by atoms with Crippen molar-refractivity contribution in [2.45, 2.75) is 13.5 Å². The minimum Gasteiger partial charge on any atom is -0.473 e. The molecule has 0 spiro atoms. The van der Waals surface area contributed by atoms with Crippen molar-refractivity contribution in [2.75, 3.05) is 30.4 Å². The lowest BCUT2D eigenvalue weighted by atomic mass is 10.3. The van der Waals surface area contributed by atoms with E-state index in [0.29, 0.717) is 11.6 Å². The minimum atomic E-state index is -0.148. The van der Waals surface area contributed by atoms with Gasteiger partial charge in [0.2, 0.25) is 5.82 Å². The lowest BCUT2D eigenvalue weighted by Crippen LogP contribution is -2.39. The van der Waals surface area contributed by atoms with Crippen LogP contribution in [0.4, 0.5) is 11.6 Å². The van der Waals surface area contributed by atoms with Crippen LogP contribution in [-0.4, -0.2) is 31.1 Å². The number of hydrogen-bond acceptors (Lipinski definition) is 4. The van der Waals surface area contributed by atoms with Crippen LogP contribution in [0.15, 0.2) is 0 Å². The van der Waals surface area contributed by atoms with E-state index < -0.39 is 0 Å². The van der Waals surface area contributed by atoms with Gasteiger partial charge in [0.1, 0.15) is 6.54 Å². The molecule has 0 atom stereocenters. The van der Waals surface area contributed by atoms with Crippen LogP contribution in [-0.2, 0) is 11.3 Å². The number of aryl methyl sites for hydroxylation is 1. The minimum absolute atomic E-state index is 0.0680. The number of ether oxygens (including phenoxy) is 1. The van der Waals surface area contributed by atoms with E-state index in [9.17, 15) is 4.79 Å². The Bertz CT molecular complexity index is 486. The van der Waals surface area contributed by atoms with Gasteiger partial charge in [-0.1, -0.05) is 4.98 Å². The predicted octanol–water partition coefficient (Wildman–Crippen LogP) is -0.542. The summed E-state index contributed by atoms with van der Waals surface area (Å²) in [5.74, 6) is 2.97. The lowest BCUT2D eigenvalue weighted by molar-refractivity contribution is -0.680. The molecule has 16 heavy (non-hydrogen) atoms. The second-order valence-electron chi connectivity index (χ2n) is 4.07. The molecule has 0 aliphatic carbocycles. The van der Waals surface area contributed by atoms with Crippen molar-refractivity contribution in [1.82, 2.24) is 4.98 Å². The number of rotatable bonds is 0. The molecule has 0 aromatic carbocycles. The molecule has 1 N–H and O–H groups in total. The molecule has 0 saturated carbocycles. The zero-order chi connectivity index (χ0) is 11.3. The summed E-state index contributed by atoms with van der Waals surface area (Å²) in [7, 11) is 2.01. The average molecular weight is 221 g/mol. The van der Waals surface area contributed by atoms with Crippen molar-refractivity contribution < 1.29 is 14.1 Å². The normalized spacial score (nSPS) is 17.6. The number of nitrogens with zero attached hydrogens (tertiary/aromatic N) is 3. The van der Waals surface area contributed by atoms with Gasteiger partial charge in [0.15, 0.2) is 6.61 Å². The zero-order valence-electron chi connectivity index (χ0n) is 9.28. The van der Waals surface area contributed by atoms with Crippen LogP contribution in [0.3, 0.4) is 0 Å². The molecule has 6 nitrogen and oxygen atoms in total. The summed E-state index contributed by atoms with van der Waals surface area (Å²) < 4.78 is 7.57. The van der Waals surface area contributed by atoms with Gasteiger partial charge in [0, 0.05) is 6.92 Å². The topological polar surface area (TPSA) is 58.3 Å². The second kappa shape index (κ2) is 3.07. The molecule has 0 fully saturated rings. The van der Waals surface area contributed by atoms with Crippen molar-refractivity contribution in [3.05, 3.63) is 5.82 Å². The van der Waals surface area contributed by atoms with Crippen LogP contribution in [0.2, 0.25) is 0 Å². The van der Waals surface area contributed by atoms with Gasteiger partial charge in [0.25, 0.3) is 23.3 Å². The highest BCUT2D eigenvalue weighted by atomic mass is 16.5. The van der Waals surface area contributed by atoms with Crippen LogP contribution in [0.1, 0.15) is 5.82 Å². The van der Waals surface area contributed by atoms with E-state index >= 15 is 0 Å². The number of hydrogen-bond donors (Lipinski definition) is 1. The van der Waals surface area contributed by atoms with Crippen molar-refractivity contribution in [3.63, 3.8) is 0 Å². The van der Waals surface area contributed by atoms with Gasteiger partial charge in [-0.15, -0.1) is 0 Å². The third kappa shape index (κ3) is 1.16. The first kappa shape index (κ1) is 9.38. The second-order valence-corrected chi connectivity index (χ2v) is 4.07. The number of fused-ring (bicyclic) bond motifs is 3. The molecule has 0 unspecified atom stereocenters. The standard InChI is InChI=1S/C10H12N4O2/c1-6-11-9-8(16-5-7(15)12-9)10-13(2)3-4-14(6)10/h3-5H2,1-2H3/p+1. The number of carbonyl (C=O) groups excluding carboxylic acids is 1. The van der Waals surface area contributed by atoms with Crippen LogP contribution in [0.5, 0.6) is 5.75 Å². The molecule has 84 valence electrons. The lowest BCUT2D eigenvalue weighted by Gasteiger charge is -2.18. The molecule has 1 amide bonds. The molecule has 0 saturated heterocycles. The summed E-state index contributed by atoms with van der Waals surface area (Å²) in [6, 6.07) is 0. The Morgan fingerprint density at radius 3 is 3.19 bits per heavy atom. The average Bonchev–Trinajstić information content (AvgIpc) is 2.61. The number of likely N-dealkylation sites (N-methyl/N-ethyl adjacent to an activating group) is 1. The molecule has 1 aromatic heterocycles. The van der Waals surface area contributed by atoms with Gasteiger partial charge in [-0.3, -0.25) is 15.0 Å². The zero-order valence-corrected chi connectivity index (χ0v) is 9.28. The molecule has 0 radical (unpaired) electrons. The molecular formula is C10H13N4O2+. The third-order valence-electron chi connectivity index (χ3n) is 2.96. The van der Waals surface area contributed by atoms with Gasteiger partial charge >= 0.3 is 0 Å². The number of carbonyl (C=O) groups is 1. The highest BCUT2D eigenvalue weighted by molar-refractivity contribution is 5.95. The fourth-order valence-corrected chi connectivity index (χ4v) is 2.18. The number of amides is 1. The highest BCUT2D eigenvalue weighted by Crippen LogP contribution is 2.35. The molecule has 6 heteroatoms. The number of nitrogens with one attached hydrogen (secondary N) is 1. The first-order valence-electron chi connectivity index (χ1n) is 5.25. The maximum Gasteiger partial charge on any atom is 0.272 e. The molecule has 3 heterocycles. The summed E-state index contributed by atoms with van der Waals surface area (Å²) in [6.45, 7) is 3.85. The Balaban J connectivity index is 2.22. The molecule has 3 rings (SSSR count). The molecular weight excluding hydrogens is 208 g/mol. The largest absolute Gasteiger partial charge is 0.473 e. The van der Waals surface area contributed by atoms with Crippen molar-refractivity contribution in [3.8, 4) is 5.75 Å². The predicted molar refractivity (Wildman–Crippen MR) is 56.6 cm³/mol. The molecule has 1 aromatic rings. The Morgan fingerprint density at radius 1 is 1.56 bits per heavy atom. The van der Waals surface area contributed by atoms with E-state index in [2.05, 4.69) is 19.8 Å². The summed E-state index contributed by atoms with van der Waals surface area (Å²) >= 11 is 0. The van der Waals surface area contributed by atoms with E-state index in [1.807, 2.05) is 14.0 Å². The van der Waals surface area contributed by atoms with Gasteiger partial charge < -0.3 is 4.74 Å². The summed E-state index contributed by atoms with van der Waals surface area (Å²) in [4.78, 5) is 17.7. The monoisotopic (exact) mass is 221 g/mol. The first-order valence-corrected chi connectivity index (χ1v) is 5.25. The van der Waals surface area contributed by atoms with E-state index in [1.165, 1.54) is 0 Å². The number of anilines is 2. The Hall–Kier alpha value is -1.85. The Labute approximate surface area is 92.8 Å². The van der Waals surface area contributed by atoms with Crippen LogP contribution >= 0.6 is 0 Å². The van der Waals surface area contributed by atoms with Gasteiger partial charge in [0.05, 0.1) is 13.6 Å². The van der Waals surface area contributed by atoms with Crippen LogP contribution < -0.4 is 19.5 Å². The van der Waals surface area contributed by atoms with Crippen molar-refractivity contribution in [2.24, 2.45) is 0 Å². The molecule has 0 bridgehead atoms. The first-order chi connectivity index (χ1) is 7.66. The molecule has 2 aliphatic rings. The summed E-state index contributed by atoms with van der Waals surface area (Å²) in [5, 5.41) is 2.74. The van der Waals surface area contributed by atoms with Gasteiger partial charge in [-0.2, -0.15) is 0 Å². The van der Waals surface area contributed by atoms with Crippen molar-refractivity contribution >= 4 is 17.5 Å². The van der Waals surface area contributed by atoms with Gasteiger partial charge in [-0.05, 0) is 0 Å². The summed E-state index contributed by atoms with van der Waals surface area (Å²) in [6.07, 6.45) is 0. The van der Waals surface area contributed by atoms with Crippen molar-refractivity contribution in [1.29, 1.82) is 0 Å². The smallest absolute Gasteiger partial charge is 0.272 e.